The fraction of sp³-hybridized carbons (Fsp3) is 0.462. The van der Waals surface area contributed by atoms with E-state index in [0.29, 0.717) is 28.8 Å². The first-order valence-corrected chi connectivity index (χ1v) is 15.5. The Morgan fingerprint density at radius 2 is 1.85 bits per heavy atom. The summed E-state index contributed by atoms with van der Waals surface area (Å²) < 4.78 is 45.9. The fourth-order valence-electron chi connectivity index (χ4n) is 3.41. The van der Waals surface area contributed by atoms with Crippen molar-refractivity contribution in [3.8, 4) is 21.8 Å². The van der Waals surface area contributed by atoms with Crippen LogP contribution in [0, 0.1) is 5.82 Å². The molecule has 0 saturated heterocycles. The van der Waals surface area contributed by atoms with E-state index in [1.165, 1.54) is 17.4 Å². The van der Waals surface area contributed by atoms with Crippen LogP contribution in [-0.4, -0.2) is 53.9 Å². The number of aromatic nitrogens is 3. The zero-order valence-electron chi connectivity index (χ0n) is 23.6. The third kappa shape index (κ3) is 8.73. The summed E-state index contributed by atoms with van der Waals surface area (Å²) in [5, 5.41) is 6.61. The molecule has 3 N–H and O–H groups in total. The van der Waals surface area contributed by atoms with E-state index < -0.39 is 27.5 Å². The molecule has 1 atom stereocenters. The minimum Gasteiger partial charge on any atom is -0.444 e. The maximum atomic E-state index is 14.7. The van der Waals surface area contributed by atoms with E-state index in [9.17, 15) is 17.6 Å². The van der Waals surface area contributed by atoms with E-state index in [2.05, 4.69) is 25.3 Å². The first kappa shape index (κ1) is 31.5. The number of nitrogens with zero attached hydrogens (tertiary/aromatic N) is 3. The number of halogens is 2. The molecule has 40 heavy (non-hydrogen) atoms. The number of sulfonamides is 1. The Morgan fingerprint density at radius 3 is 2.45 bits per heavy atom. The first-order chi connectivity index (χ1) is 18.3. The van der Waals surface area contributed by atoms with Crippen molar-refractivity contribution in [2.45, 2.75) is 65.5 Å². The van der Waals surface area contributed by atoms with Crippen molar-refractivity contribution < 1.29 is 22.3 Å². The van der Waals surface area contributed by atoms with Gasteiger partial charge in [0.05, 0.1) is 38.2 Å². The van der Waals surface area contributed by atoms with Gasteiger partial charge in [-0.15, -0.1) is 11.3 Å². The molecule has 14 heteroatoms. The molecule has 218 valence electrons. The van der Waals surface area contributed by atoms with E-state index >= 15 is 0 Å². The number of carbonyl (C=O) groups excluding carboxylic acids is 1. The third-order valence-electron chi connectivity index (χ3n) is 5.07. The second kappa shape index (κ2) is 11.8. The Balaban J connectivity index is 1.97. The van der Waals surface area contributed by atoms with Gasteiger partial charge in [0.2, 0.25) is 16.0 Å². The molecule has 0 bridgehead atoms. The van der Waals surface area contributed by atoms with Crippen LogP contribution in [0.2, 0.25) is 5.02 Å². The molecule has 1 amide bonds. The average Bonchev–Trinajstić information content (AvgIpc) is 3.24. The monoisotopic (exact) mass is 612 g/mol. The fourth-order valence-corrected chi connectivity index (χ4v) is 5.38. The number of amides is 1. The summed E-state index contributed by atoms with van der Waals surface area (Å²) in [7, 11) is -3.71. The maximum absolute atomic E-state index is 14.7. The molecular weight excluding hydrogens is 579 g/mol. The first-order valence-electron chi connectivity index (χ1n) is 12.4. The summed E-state index contributed by atoms with van der Waals surface area (Å²) in [5.41, 5.74) is 0.0399. The van der Waals surface area contributed by atoms with Crippen LogP contribution in [0.15, 0.2) is 24.4 Å². The predicted molar refractivity (Wildman–Crippen MR) is 158 cm³/mol. The van der Waals surface area contributed by atoms with Crippen molar-refractivity contribution in [3.05, 3.63) is 40.2 Å². The summed E-state index contributed by atoms with van der Waals surface area (Å²) >= 11 is 7.96. The van der Waals surface area contributed by atoms with Crippen LogP contribution in [0.1, 0.15) is 53.5 Å². The number of rotatable bonds is 8. The number of anilines is 2. The molecule has 0 fully saturated rings. The lowest BCUT2D eigenvalue weighted by molar-refractivity contribution is 0.0511. The number of hydrogen-bond donors (Lipinski definition) is 3. The summed E-state index contributed by atoms with van der Waals surface area (Å²) in [5.74, 6) is -0.380. The molecule has 0 spiro atoms. The minimum atomic E-state index is -3.71. The predicted octanol–water partition coefficient (Wildman–Crippen LogP) is 6.05. The van der Waals surface area contributed by atoms with Gasteiger partial charge in [0.15, 0.2) is 0 Å². The molecule has 0 radical (unpaired) electrons. The smallest absolute Gasteiger partial charge is 0.407 e. The highest BCUT2D eigenvalue weighted by Gasteiger charge is 2.26. The number of carbonyl (C=O) groups is 1. The van der Waals surface area contributed by atoms with Crippen LogP contribution in [0.4, 0.5) is 20.8 Å². The van der Waals surface area contributed by atoms with Crippen LogP contribution >= 0.6 is 22.9 Å². The molecule has 0 aliphatic rings. The summed E-state index contributed by atoms with van der Waals surface area (Å²) in [6, 6.07) is 3.63. The molecule has 1 aromatic carbocycles. The second-order valence-corrected chi connectivity index (χ2v) is 14.5. The van der Waals surface area contributed by atoms with E-state index in [1.54, 1.807) is 33.0 Å². The quantitative estimate of drug-likeness (QED) is 0.280. The normalized spacial score (nSPS) is 13.1. The van der Waals surface area contributed by atoms with E-state index in [1.807, 2.05) is 27.7 Å². The lowest BCUT2D eigenvalue weighted by Gasteiger charge is -2.22. The topological polar surface area (TPSA) is 135 Å². The molecule has 0 unspecified atom stereocenters. The number of nitrogens with one attached hydrogen (secondary N) is 3. The van der Waals surface area contributed by atoms with E-state index in [-0.39, 0.29) is 27.7 Å². The highest BCUT2D eigenvalue weighted by atomic mass is 35.5. The van der Waals surface area contributed by atoms with Gasteiger partial charge in [0.1, 0.15) is 11.4 Å². The van der Waals surface area contributed by atoms with Gasteiger partial charge in [0.25, 0.3) is 0 Å². The van der Waals surface area contributed by atoms with Crippen LogP contribution in [0.5, 0.6) is 0 Å². The number of alkyl carbamates (subject to hydrolysis) is 1. The van der Waals surface area contributed by atoms with Crippen molar-refractivity contribution in [2.24, 2.45) is 0 Å². The van der Waals surface area contributed by atoms with Crippen molar-refractivity contribution in [3.63, 3.8) is 0 Å². The van der Waals surface area contributed by atoms with Gasteiger partial charge in [-0.25, -0.2) is 32.6 Å². The van der Waals surface area contributed by atoms with Gasteiger partial charge in [-0.3, -0.25) is 4.72 Å². The van der Waals surface area contributed by atoms with Gasteiger partial charge in [-0.05, 0) is 45.9 Å². The molecule has 3 rings (SSSR count). The zero-order valence-corrected chi connectivity index (χ0v) is 26.0. The average molecular weight is 613 g/mol. The molecule has 2 aromatic heterocycles. The van der Waals surface area contributed by atoms with Crippen LogP contribution in [0.3, 0.4) is 0 Å². The van der Waals surface area contributed by atoms with E-state index in [4.69, 9.17) is 21.3 Å². The van der Waals surface area contributed by atoms with Crippen molar-refractivity contribution >= 4 is 50.7 Å². The Kier molecular flexibility index (Phi) is 9.32. The Hall–Kier alpha value is -3.03. The molecule has 0 aliphatic carbocycles. The number of hydrogen-bond acceptors (Lipinski definition) is 9. The van der Waals surface area contributed by atoms with Crippen LogP contribution in [0.25, 0.3) is 21.8 Å². The Morgan fingerprint density at radius 1 is 1.18 bits per heavy atom. The Labute approximate surface area is 243 Å². The molecule has 10 nitrogen and oxygen atoms in total. The van der Waals surface area contributed by atoms with Crippen molar-refractivity contribution in [1.29, 1.82) is 0 Å². The molecular formula is C26H34ClFN6O4S2. The molecule has 0 aliphatic heterocycles. The van der Waals surface area contributed by atoms with E-state index in [0.717, 1.165) is 17.3 Å². The minimum absolute atomic E-state index is 0.00767. The van der Waals surface area contributed by atoms with Gasteiger partial charge in [0, 0.05) is 29.8 Å². The van der Waals surface area contributed by atoms with Crippen molar-refractivity contribution in [1.82, 2.24) is 20.3 Å². The van der Waals surface area contributed by atoms with Gasteiger partial charge >= 0.3 is 6.09 Å². The van der Waals surface area contributed by atoms with Gasteiger partial charge in [-0.1, -0.05) is 32.4 Å². The summed E-state index contributed by atoms with van der Waals surface area (Å²) in [4.78, 5) is 26.3. The van der Waals surface area contributed by atoms with Crippen LogP contribution < -0.4 is 15.4 Å². The molecule has 3 aromatic rings. The number of benzene rings is 1. The lowest BCUT2D eigenvalue weighted by Crippen LogP contribution is -2.41. The maximum Gasteiger partial charge on any atom is 0.407 e. The number of thiazole rings is 1. The summed E-state index contributed by atoms with van der Waals surface area (Å²) in [6.45, 7) is 13.5. The third-order valence-corrected chi connectivity index (χ3v) is 7.58. The number of ether oxygens (including phenoxy) is 1. The van der Waals surface area contributed by atoms with Crippen LogP contribution in [-0.2, 0) is 20.2 Å². The van der Waals surface area contributed by atoms with Crippen molar-refractivity contribution in [2.75, 3.05) is 22.8 Å². The molecule has 2 heterocycles. The SMILES string of the molecule is C[C@@H](CNc1nccc(-c2sc(C(C)(C)C)nc2-c2cc(F)cc(NS(C)(=O)=O)c2Cl)n1)NC(=O)OC(C)(C)C. The Bertz CT molecular complexity index is 1500. The zero-order chi connectivity index (χ0) is 30.0. The highest BCUT2D eigenvalue weighted by molar-refractivity contribution is 7.92. The summed E-state index contributed by atoms with van der Waals surface area (Å²) in [6.07, 6.45) is 2.00. The second-order valence-electron chi connectivity index (χ2n) is 11.3. The largest absolute Gasteiger partial charge is 0.444 e. The highest BCUT2D eigenvalue weighted by Crippen LogP contribution is 2.44. The molecule has 0 saturated carbocycles. The standard InChI is InChI=1S/C26H34ClFN6O4S2/c1-14(31-24(35)38-26(5,6)7)13-30-23-29-10-9-17(32-23)21-20(33-22(39-21)25(2,3)4)16-11-15(28)12-18(19(16)27)34-40(8,36)37/h9-12,14,34H,13H2,1-8H3,(H,31,35)(H,29,30,32)/t14-/m0/s1. The lowest BCUT2D eigenvalue weighted by atomic mass is 9.98. The van der Waals surface area contributed by atoms with Gasteiger partial charge < -0.3 is 15.4 Å². The van der Waals surface area contributed by atoms with Gasteiger partial charge in [-0.2, -0.15) is 0 Å².